The molecular weight excluding hydrogens is 280 g/mol. The second-order valence-corrected chi connectivity index (χ2v) is 6.26. The van der Waals surface area contributed by atoms with Crippen LogP contribution in [0.5, 0.6) is 0 Å². The van der Waals surface area contributed by atoms with Crippen molar-refractivity contribution in [2.75, 3.05) is 13.1 Å². The van der Waals surface area contributed by atoms with Crippen LogP contribution in [-0.2, 0) is 4.74 Å². The number of rotatable bonds is 6. The highest BCUT2D eigenvalue weighted by atomic mass is 16.6. The Morgan fingerprint density at radius 1 is 1.00 bits per heavy atom. The lowest BCUT2D eigenvalue weighted by molar-refractivity contribution is 0.0526. The van der Waals surface area contributed by atoms with Crippen LogP contribution in [0, 0.1) is 6.92 Å². The van der Waals surface area contributed by atoms with E-state index in [1.54, 1.807) is 0 Å². The van der Waals surface area contributed by atoms with Gasteiger partial charge in [0.15, 0.2) is 0 Å². The molecule has 0 aliphatic rings. The first-order valence-electron chi connectivity index (χ1n) is 7.59. The third-order valence-electron chi connectivity index (χ3n) is 2.87. The number of nitrogens with one attached hydrogen (secondary N) is 2. The van der Waals surface area contributed by atoms with Crippen molar-refractivity contribution in [3.05, 3.63) is 35.4 Å². The second-order valence-electron chi connectivity index (χ2n) is 6.26. The Kier molecular flexibility index (Phi) is 6.89. The third-order valence-corrected chi connectivity index (χ3v) is 2.87. The number of carbonyl (C=O) groups excluding carboxylic acids is 2. The van der Waals surface area contributed by atoms with E-state index in [-0.39, 0.29) is 5.91 Å². The van der Waals surface area contributed by atoms with E-state index >= 15 is 0 Å². The molecule has 0 aliphatic heterocycles. The molecule has 0 atom stereocenters. The minimum absolute atomic E-state index is 0.0694. The molecule has 5 nitrogen and oxygen atoms in total. The van der Waals surface area contributed by atoms with Crippen LogP contribution < -0.4 is 10.6 Å². The van der Waals surface area contributed by atoms with Gasteiger partial charge in [0.05, 0.1) is 0 Å². The van der Waals surface area contributed by atoms with Gasteiger partial charge in [0, 0.05) is 18.7 Å². The predicted octanol–water partition coefficient (Wildman–Crippen LogP) is 3.03. The molecule has 5 heteroatoms. The maximum absolute atomic E-state index is 11.9. The van der Waals surface area contributed by atoms with E-state index in [2.05, 4.69) is 10.6 Å². The number of aryl methyl sites for hydroxylation is 1. The Bertz CT molecular complexity index is 490. The van der Waals surface area contributed by atoms with Crippen molar-refractivity contribution in [2.45, 2.75) is 46.1 Å². The number of hydrogen-bond acceptors (Lipinski definition) is 3. The fourth-order valence-electron chi connectivity index (χ4n) is 1.76. The predicted molar refractivity (Wildman–Crippen MR) is 87.0 cm³/mol. The lowest BCUT2D eigenvalue weighted by Gasteiger charge is -2.19. The molecule has 1 aromatic rings. The van der Waals surface area contributed by atoms with Crippen LogP contribution in [0.4, 0.5) is 4.79 Å². The minimum atomic E-state index is -0.480. The van der Waals surface area contributed by atoms with Gasteiger partial charge in [0.2, 0.25) is 0 Å². The fourth-order valence-corrected chi connectivity index (χ4v) is 1.76. The highest BCUT2D eigenvalue weighted by Crippen LogP contribution is 2.06. The van der Waals surface area contributed by atoms with Gasteiger partial charge < -0.3 is 15.4 Å². The molecule has 2 N–H and O–H groups in total. The summed E-state index contributed by atoms with van der Waals surface area (Å²) in [6.07, 6.45) is 1.18. The van der Waals surface area contributed by atoms with Crippen molar-refractivity contribution in [1.29, 1.82) is 0 Å². The van der Waals surface area contributed by atoms with Gasteiger partial charge in [0.1, 0.15) is 5.60 Å². The Morgan fingerprint density at radius 2 is 1.55 bits per heavy atom. The van der Waals surface area contributed by atoms with E-state index in [1.165, 1.54) is 0 Å². The molecular formula is C17H26N2O3. The van der Waals surface area contributed by atoms with Crippen LogP contribution in [0.1, 0.15) is 49.5 Å². The van der Waals surface area contributed by atoms with Crippen molar-refractivity contribution < 1.29 is 14.3 Å². The summed E-state index contributed by atoms with van der Waals surface area (Å²) in [7, 11) is 0. The zero-order valence-electron chi connectivity index (χ0n) is 13.9. The summed E-state index contributed by atoms with van der Waals surface area (Å²) in [6, 6.07) is 7.46. The van der Waals surface area contributed by atoms with Gasteiger partial charge in [-0.3, -0.25) is 4.79 Å². The summed E-state index contributed by atoms with van der Waals surface area (Å²) in [5.41, 5.74) is 1.31. The van der Waals surface area contributed by atoms with Crippen LogP contribution in [0.3, 0.4) is 0 Å². The Hall–Kier alpha value is -2.04. The van der Waals surface area contributed by atoms with E-state index in [0.29, 0.717) is 18.7 Å². The van der Waals surface area contributed by atoms with Crippen molar-refractivity contribution in [3.63, 3.8) is 0 Å². The number of ether oxygens (including phenoxy) is 1. The molecule has 0 aliphatic carbocycles. The Morgan fingerprint density at radius 3 is 2.09 bits per heavy atom. The van der Waals surface area contributed by atoms with Crippen LogP contribution in [-0.4, -0.2) is 30.7 Å². The molecule has 0 radical (unpaired) electrons. The monoisotopic (exact) mass is 306 g/mol. The van der Waals surface area contributed by atoms with Crippen LogP contribution in [0.15, 0.2) is 24.3 Å². The molecule has 0 saturated carbocycles. The van der Waals surface area contributed by atoms with Crippen molar-refractivity contribution in [3.8, 4) is 0 Å². The molecule has 0 aromatic heterocycles. The summed E-state index contributed by atoms with van der Waals surface area (Å²) in [5, 5.41) is 5.55. The average Bonchev–Trinajstić information content (AvgIpc) is 2.41. The normalized spacial score (nSPS) is 10.9. The molecule has 22 heavy (non-hydrogen) atoms. The van der Waals surface area contributed by atoms with Gasteiger partial charge in [-0.25, -0.2) is 4.79 Å². The summed E-state index contributed by atoms with van der Waals surface area (Å²) < 4.78 is 5.13. The number of benzene rings is 1. The van der Waals surface area contributed by atoms with Crippen LogP contribution in [0.2, 0.25) is 0 Å². The molecule has 122 valence electrons. The maximum atomic E-state index is 11.9. The summed E-state index contributed by atoms with van der Waals surface area (Å²) in [4.78, 5) is 23.3. The zero-order valence-corrected chi connectivity index (χ0v) is 13.9. The zero-order chi connectivity index (χ0) is 16.6. The molecule has 0 spiro atoms. The largest absolute Gasteiger partial charge is 0.444 e. The minimum Gasteiger partial charge on any atom is -0.444 e. The standard InChI is InChI=1S/C17H26N2O3/c1-13-7-9-14(10-8-13)15(20)18-11-5-6-12-19-16(21)22-17(2,3)4/h7-10H,5-6,11-12H2,1-4H3,(H,18,20)(H,19,21). The highest BCUT2D eigenvalue weighted by molar-refractivity contribution is 5.94. The van der Waals surface area contributed by atoms with Gasteiger partial charge in [-0.05, 0) is 52.7 Å². The van der Waals surface area contributed by atoms with Gasteiger partial charge in [-0.15, -0.1) is 0 Å². The highest BCUT2D eigenvalue weighted by Gasteiger charge is 2.15. The number of alkyl carbamates (subject to hydrolysis) is 1. The summed E-state index contributed by atoms with van der Waals surface area (Å²) in [5.74, 6) is -0.0694. The van der Waals surface area contributed by atoms with E-state index in [0.717, 1.165) is 18.4 Å². The van der Waals surface area contributed by atoms with E-state index in [9.17, 15) is 9.59 Å². The van der Waals surface area contributed by atoms with E-state index < -0.39 is 11.7 Å². The quantitative estimate of drug-likeness (QED) is 0.794. The molecule has 0 saturated heterocycles. The lowest BCUT2D eigenvalue weighted by Crippen LogP contribution is -2.33. The molecule has 0 fully saturated rings. The molecule has 1 aromatic carbocycles. The van der Waals surface area contributed by atoms with E-state index in [4.69, 9.17) is 4.74 Å². The maximum Gasteiger partial charge on any atom is 0.407 e. The third kappa shape index (κ3) is 7.67. The first-order chi connectivity index (χ1) is 10.3. The van der Waals surface area contributed by atoms with Gasteiger partial charge in [-0.2, -0.15) is 0 Å². The Labute approximate surface area is 132 Å². The first-order valence-corrected chi connectivity index (χ1v) is 7.59. The topological polar surface area (TPSA) is 67.4 Å². The van der Waals surface area contributed by atoms with Crippen molar-refractivity contribution in [2.24, 2.45) is 0 Å². The van der Waals surface area contributed by atoms with E-state index in [1.807, 2.05) is 52.0 Å². The Balaban J connectivity index is 2.12. The number of unbranched alkanes of at least 4 members (excludes halogenated alkanes) is 1. The van der Waals surface area contributed by atoms with Crippen molar-refractivity contribution in [1.82, 2.24) is 10.6 Å². The number of hydrogen-bond donors (Lipinski definition) is 2. The van der Waals surface area contributed by atoms with Gasteiger partial charge >= 0.3 is 6.09 Å². The van der Waals surface area contributed by atoms with Gasteiger partial charge in [0.25, 0.3) is 5.91 Å². The number of amides is 2. The molecule has 2 amide bonds. The average molecular weight is 306 g/mol. The SMILES string of the molecule is Cc1ccc(C(=O)NCCCCNC(=O)OC(C)(C)C)cc1. The summed E-state index contributed by atoms with van der Waals surface area (Å²) >= 11 is 0. The van der Waals surface area contributed by atoms with Gasteiger partial charge in [-0.1, -0.05) is 17.7 Å². The molecule has 0 heterocycles. The molecule has 1 rings (SSSR count). The first kappa shape index (κ1) is 18.0. The van der Waals surface area contributed by atoms with Crippen LogP contribution in [0.25, 0.3) is 0 Å². The van der Waals surface area contributed by atoms with Crippen molar-refractivity contribution >= 4 is 12.0 Å². The molecule has 0 bridgehead atoms. The smallest absolute Gasteiger partial charge is 0.407 e. The second kappa shape index (κ2) is 8.41. The van der Waals surface area contributed by atoms with Crippen LogP contribution >= 0.6 is 0 Å². The lowest BCUT2D eigenvalue weighted by atomic mass is 10.1. The fraction of sp³-hybridized carbons (Fsp3) is 0.529. The number of carbonyl (C=O) groups is 2. The molecule has 0 unspecified atom stereocenters. The summed E-state index contributed by atoms with van der Waals surface area (Å²) in [6.45, 7) is 8.59.